The highest BCUT2D eigenvalue weighted by Gasteiger charge is 2.26. The Hall–Kier alpha value is -0.570. The molecule has 0 aromatic carbocycles. The van der Waals surface area contributed by atoms with Gasteiger partial charge in [0.1, 0.15) is 0 Å². The van der Waals surface area contributed by atoms with Crippen LogP contribution in [0.4, 0.5) is 0 Å². The quantitative estimate of drug-likeness (QED) is 0.732. The van der Waals surface area contributed by atoms with Gasteiger partial charge in [-0.15, -0.1) is 0 Å². The van der Waals surface area contributed by atoms with Crippen LogP contribution in [0.5, 0.6) is 0 Å². The Balaban J connectivity index is 2.46. The van der Waals surface area contributed by atoms with Crippen LogP contribution in [0, 0.1) is 5.41 Å². The molecule has 0 heterocycles. The number of nitrogens with zero attached hydrogens (tertiary/aromatic N) is 1. The Kier molecular flexibility index (Phi) is 4.14. The minimum atomic E-state index is -0.721. The molecule has 1 fully saturated rings. The average molecular weight is 213 g/mol. The van der Waals surface area contributed by atoms with Gasteiger partial charge in [0.05, 0.1) is 6.54 Å². The molecule has 0 aromatic heterocycles. The second-order valence-electron chi connectivity index (χ2n) is 5.56. The minimum absolute atomic E-state index is 0.172. The topological polar surface area (TPSA) is 40.5 Å². The van der Waals surface area contributed by atoms with Gasteiger partial charge in [-0.05, 0) is 38.1 Å². The van der Waals surface area contributed by atoms with Crippen LogP contribution in [0.25, 0.3) is 0 Å². The molecule has 1 saturated carbocycles. The lowest BCUT2D eigenvalue weighted by Crippen LogP contribution is -2.35. The summed E-state index contributed by atoms with van der Waals surface area (Å²) >= 11 is 0. The zero-order valence-electron chi connectivity index (χ0n) is 10.1. The van der Waals surface area contributed by atoms with E-state index < -0.39 is 5.97 Å². The number of rotatable bonds is 3. The summed E-state index contributed by atoms with van der Waals surface area (Å²) in [6.07, 6.45) is 5.98. The van der Waals surface area contributed by atoms with Crippen LogP contribution in [0.2, 0.25) is 0 Å². The number of carboxylic acid groups (broad SMARTS) is 1. The van der Waals surface area contributed by atoms with Crippen LogP contribution in [0.3, 0.4) is 0 Å². The molecule has 1 N–H and O–H groups in total. The van der Waals surface area contributed by atoms with E-state index in [0.717, 1.165) is 12.8 Å². The summed E-state index contributed by atoms with van der Waals surface area (Å²) in [5, 5.41) is 8.75. The van der Waals surface area contributed by atoms with E-state index >= 15 is 0 Å². The van der Waals surface area contributed by atoms with Crippen LogP contribution < -0.4 is 0 Å². The summed E-state index contributed by atoms with van der Waals surface area (Å²) in [6, 6.07) is 0.461. The summed E-state index contributed by atoms with van der Waals surface area (Å²) in [6.45, 7) is 4.80. The molecule has 0 saturated heterocycles. The maximum atomic E-state index is 10.6. The summed E-state index contributed by atoms with van der Waals surface area (Å²) < 4.78 is 0. The standard InChI is InChI=1S/C12H23NO2/c1-12(2)7-4-5-10(6-8-12)13(3)9-11(14)15/h10H,4-9H2,1-3H3,(H,14,15). The molecule has 1 rings (SSSR count). The molecule has 1 aliphatic carbocycles. The SMILES string of the molecule is CN(CC(=O)O)C1CCCC(C)(C)CC1. The molecule has 3 nitrogen and oxygen atoms in total. The molecule has 88 valence electrons. The Morgan fingerprint density at radius 3 is 2.67 bits per heavy atom. The smallest absolute Gasteiger partial charge is 0.317 e. The van der Waals surface area contributed by atoms with Gasteiger partial charge in [-0.25, -0.2) is 0 Å². The zero-order valence-corrected chi connectivity index (χ0v) is 10.1. The van der Waals surface area contributed by atoms with E-state index in [0.29, 0.717) is 11.5 Å². The molecule has 0 amide bonds. The van der Waals surface area contributed by atoms with Gasteiger partial charge in [0.25, 0.3) is 0 Å². The van der Waals surface area contributed by atoms with Gasteiger partial charge >= 0.3 is 5.97 Å². The second kappa shape index (κ2) is 4.97. The van der Waals surface area contributed by atoms with Crippen molar-refractivity contribution in [2.75, 3.05) is 13.6 Å². The van der Waals surface area contributed by atoms with E-state index in [9.17, 15) is 4.79 Å². The highest BCUT2D eigenvalue weighted by Crippen LogP contribution is 2.34. The highest BCUT2D eigenvalue weighted by molar-refractivity contribution is 5.69. The van der Waals surface area contributed by atoms with Crippen molar-refractivity contribution in [2.24, 2.45) is 5.41 Å². The number of hydrogen-bond acceptors (Lipinski definition) is 2. The molecule has 0 bridgehead atoms. The fourth-order valence-corrected chi connectivity index (χ4v) is 2.43. The predicted octanol–water partition coefficient (Wildman–Crippen LogP) is 2.36. The van der Waals surface area contributed by atoms with Crippen molar-refractivity contribution in [3.8, 4) is 0 Å². The van der Waals surface area contributed by atoms with Crippen LogP contribution in [0.1, 0.15) is 46.0 Å². The Bertz CT molecular complexity index is 226. The normalized spacial score (nSPS) is 26.3. The molecular weight excluding hydrogens is 190 g/mol. The Morgan fingerprint density at radius 1 is 1.40 bits per heavy atom. The number of aliphatic carboxylic acids is 1. The van der Waals surface area contributed by atoms with Gasteiger partial charge in [0.15, 0.2) is 0 Å². The fraction of sp³-hybridized carbons (Fsp3) is 0.917. The molecule has 0 aliphatic heterocycles. The van der Waals surface area contributed by atoms with Crippen LogP contribution in [0.15, 0.2) is 0 Å². The van der Waals surface area contributed by atoms with E-state index in [4.69, 9.17) is 5.11 Å². The third kappa shape index (κ3) is 4.20. The minimum Gasteiger partial charge on any atom is -0.480 e. The van der Waals surface area contributed by atoms with Crippen LogP contribution in [-0.2, 0) is 4.79 Å². The van der Waals surface area contributed by atoms with Crippen molar-refractivity contribution < 1.29 is 9.90 Å². The number of carbonyl (C=O) groups is 1. The lowest BCUT2D eigenvalue weighted by molar-refractivity contribution is -0.138. The van der Waals surface area contributed by atoms with E-state index in [1.54, 1.807) is 0 Å². The van der Waals surface area contributed by atoms with E-state index in [2.05, 4.69) is 13.8 Å². The lowest BCUT2D eigenvalue weighted by Gasteiger charge is -2.26. The van der Waals surface area contributed by atoms with Crippen molar-refractivity contribution >= 4 is 5.97 Å². The zero-order chi connectivity index (χ0) is 11.5. The molecule has 0 aromatic rings. The molecule has 0 spiro atoms. The van der Waals surface area contributed by atoms with Gasteiger partial charge < -0.3 is 5.11 Å². The van der Waals surface area contributed by atoms with Crippen LogP contribution >= 0.6 is 0 Å². The highest BCUT2D eigenvalue weighted by atomic mass is 16.4. The third-order valence-electron chi connectivity index (χ3n) is 3.55. The second-order valence-corrected chi connectivity index (χ2v) is 5.56. The monoisotopic (exact) mass is 213 g/mol. The first-order valence-corrected chi connectivity index (χ1v) is 5.83. The fourth-order valence-electron chi connectivity index (χ4n) is 2.43. The molecule has 1 aliphatic rings. The lowest BCUT2D eigenvalue weighted by atomic mass is 9.85. The van der Waals surface area contributed by atoms with Crippen LogP contribution in [-0.4, -0.2) is 35.6 Å². The van der Waals surface area contributed by atoms with Gasteiger partial charge in [-0.2, -0.15) is 0 Å². The number of carboxylic acids is 1. The molecule has 1 unspecified atom stereocenters. The molecule has 0 radical (unpaired) electrons. The van der Waals surface area contributed by atoms with Crippen molar-refractivity contribution in [1.29, 1.82) is 0 Å². The number of likely N-dealkylation sites (N-methyl/N-ethyl adjacent to an activating group) is 1. The van der Waals surface area contributed by atoms with Crippen molar-refractivity contribution in [1.82, 2.24) is 4.90 Å². The largest absolute Gasteiger partial charge is 0.480 e. The molecule has 3 heteroatoms. The predicted molar refractivity (Wildman–Crippen MR) is 60.9 cm³/mol. The Labute approximate surface area is 92.5 Å². The first kappa shape index (κ1) is 12.5. The van der Waals surface area contributed by atoms with Crippen molar-refractivity contribution in [2.45, 2.75) is 52.0 Å². The van der Waals surface area contributed by atoms with Gasteiger partial charge in [0.2, 0.25) is 0 Å². The summed E-state index contributed by atoms with van der Waals surface area (Å²) in [5.74, 6) is -0.721. The van der Waals surface area contributed by atoms with Gasteiger partial charge in [-0.1, -0.05) is 20.3 Å². The third-order valence-corrected chi connectivity index (χ3v) is 3.55. The number of hydrogen-bond donors (Lipinski definition) is 1. The summed E-state index contributed by atoms with van der Waals surface area (Å²) in [7, 11) is 1.93. The maximum absolute atomic E-state index is 10.6. The summed E-state index contributed by atoms with van der Waals surface area (Å²) in [4.78, 5) is 12.6. The van der Waals surface area contributed by atoms with Crippen molar-refractivity contribution in [3.63, 3.8) is 0 Å². The molecule has 15 heavy (non-hydrogen) atoms. The Morgan fingerprint density at radius 2 is 2.07 bits per heavy atom. The summed E-state index contributed by atoms with van der Waals surface area (Å²) in [5.41, 5.74) is 0.443. The van der Waals surface area contributed by atoms with Gasteiger partial charge in [0, 0.05) is 6.04 Å². The first-order valence-electron chi connectivity index (χ1n) is 5.83. The molecule has 1 atom stereocenters. The van der Waals surface area contributed by atoms with E-state index in [1.165, 1.54) is 19.3 Å². The average Bonchev–Trinajstić information content (AvgIpc) is 2.25. The van der Waals surface area contributed by atoms with Crippen molar-refractivity contribution in [3.05, 3.63) is 0 Å². The maximum Gasteiger partial charge on any atom is 0.317 e. The molecular formula is C12H23NO2. The van der Waals surface area contributed by atoms with Gasteiger partial charge in [-0.3, -0.25) is 9.69 Å². The van der Waals surface area contributed by atoms with E-state index in [-0.39, 0.29) is 6.54 Å². The first-order chi connectivity index (χ1) is 6.91. The van der Waals surface area contributed by atoms with E-state index in [1.807, 2.05) is 11.9 Å².